The maximum Gasteiger partial charge on any atom is 0.328 e. The molecule has 0 bridgehead atoms. The second-order valence-corrected chi connectivity index (χ2v) is 3.84. The van der Waals surface area contributed by atoms with Crippen molar-refractivity contribution in [3.63, 3.8) is 0 Å². The summed E-state index contributed by atoms with van der Waals surface area (Å²) in [6, 6.07) is 5.04. The first kappa shape index (κ1) is 14.5. The van der Waals surface area contributed by atoms with Crippen LogP contribution in [-0.4, -0.2) is 30.9 Å². The lowest BCUT2D eigenvalue weighted by molar-refractivity contribution is -0.131. The summed E-state index contributed by atoms with van der Waals surface area (Å²) >= 11 is 5.85. The molecular formula is C13H15ClO4. The number of halogens is 1. The van der Waals surface area contributed by atoms with Gasteiger partial charge in [-0.3, -0.25) is 0 Å². The molecule has 0 saturated heterocycles. The van der Waals surface area contributed by atoms with Crippen LogP contribution >= 0.6 is 11.6 Å². The third-order valence-electron chi connectivity index (χ3n) is 2.07. The van der Waals surface area contributed by atoms with E-state index < -0.39 is 5.97 Å². The van der Waals surface area contributed by atoms with Crippen LogP contribution in [0, 0.1) is 0 Å². The molecule has 1 aromatic carbocycles. The van der Waals surface area contributed by atoms with E-state index >= 15 is 0 Å². The summed E-state index contributed by atoms with van der Waals surface area (Å²) in [6.07, 6.45) is 2.49. The first-order valence-corrected chi connectivity index (χ1v) is 5.92. The molecule has 0 spiro atoms. The summed E-state index contributed by atoms with van der Waals surface area (Å²) in [5, 5.41) is 9.13. The van der Waals surface area contributed by atoms with Crippen molar-refractivity contribution in [1.82, 2.24) is 0 Å². The zero-order valence-electron chi connectivity index (χ0n) is 10.1. The standard InChI is InChI=1S/C13H15ClO4/c1-2-17-7-8-18-12-5-4-11(14)9-10(12)3-6-13(15)16/h3-6,9H,2,7-8H2,1H3,(H,15,16)/b6-3+. The van der Waals surface area contributed by atoms with Gasteiger partial charge in [0.15, 0.2) is 0 Å². The SMILES string of the molecule is CCOCCOc1ccc(Cl)cc1/C=C/C(=O)O. The summed E-state index contributed by atoms with van der Waals surface area (Å²) in [5.74, 6) is -0.438. The van der Waals surface area contributed by atoms with E-state index in [0.29, 0.717) is 36.2 Å². The molecule has 0 heterocycles. The summed E-state index contributed by atoms with van der Waals surface area (Å²) in [6.45, 7) is 3.43. The number of ether oxygens (including phenoxy) is 2. The predicted molar refractivity (Wildman–Crippen MR) is 70.1 cm³/mol. The van der Waals surface area contributed by atoms with Crippen molar-refractivity contribution in [2.45, 2.75) is 6.92 Å². The molecule has 1 rings (SSSR count). The minimum atomic E-state index is -1.02. The van der Waals surface area contributed by atoms with Crippen LogP contribution < -0.4 is 4.74 Å². The van der Waals surface area contributed by atoms with Gasteiger partial charge < -0.3 is 14.6 Å². The largest absolute Gasteiger partial charge is 0.491 e. The molecule has 0 fully saturated rings. The number of rotatable bonds is 7. The molecule has 0 unspecified atom stereocenters. The van der Waals surface area contributed by atoms with Gasteiger partial charge in [-0.05, 0) is 31.2 Å². The highest BCUT2D eigenvalue weighted by Crippen LogP contribution is 2.24. The molecule has 0 aliphatic rings. The van der Waals surface area contributed by atoms with Crippen molar-refractivity contribution < 1.29 is 19.4 Å². The van der Waals surface area contributed by atoms with Crippen LogP contribution in [0.4, 0.5) is 0 Å². The fourth-order valence-electron chi connectivity index (χ4n) is 1.30. The van der Waals surface area contributed by atoms with E-state index in [4.69, 9.17) is 26.2 Å². The normalized spacial score (nSPS) is 10.8. The molecule has 4 nitrogen and oxygen atoms in total. The lowest BCUT2D eigenvalue weighted by atomic mass is 10.2. The number of hydrogen-bond acceptors (Lipinski definition) is 3. The van der Waals surface area contributed by atoms with Gasteiger partial charge in [0.25, 0.3) is 0 Å². The Bertz CT molecular complexity index is 429. The van der Waals surface area contributed by atoms with Gasteiger partial charge in [0.2, 0.25) is 0 Å². The maximum absolute atomic E-state index is 10.5. The summed E-state index contributed by atoms with van der Waals surface area (Å²) in [5.41, 5.74) is 0.626. The molecule has 0 aromatic heterocycles. The third kappa shape index (κ3) is 5.21. The van der Waals surface area contributed by atoms with Crippen molar-refractivity contribution >= 4 is 23.6 Å². The average Bonchev–Trinajstić information content (AvgIpc) is 2.34. The van der Waals surface area contributed by atoms with E-state index in [0.717, 1.165) is 6.08 Å². The van der Waals surface area contributed by atoms with E-state index in [2.05, 4.69) is 0 Å². The molecule has 98 valence electrons. The van der Waals surface area contributed by atoms with Crippen LogP contribution in [0.25, 0.3) is 6.08 Å². The highest BCUT2D eigenvalue weighted by Gasteiger charge is 2.02. The Morgan fingerprint density at radius 2 is 2.22 bits per heavy atom. The average molecular weight is 271 g/mol. The molecule has 5 heteroatoms. The molecule has 0 atom stereocenters. The fourth-order valence-corrected chi connectivity index (χ4v) is 1.48. The number of aliphatic carboxylic acids is 1. The Morgan fingerprint density at radius 1 is 1.44 bits per heavy atom. The van der Waals surface area contributed by atoms with E-state index in [-0.39, 0.29) is 0 Å². The molecule has 0 aliphatic heterocycles. The smallest absolute Gasteiger partial charge is 0.328 e. The van der Waals surface area contributed by atoms with Gasteiger partial charge >= 0.3 is 5.97 Å². The zero-order valence-corrected chi connectivity index (χ0v) is 10.8. The number of carbonyl (C=O) groups is 1. The van der Waals surface area contributed by atoms with Crippen LogP contribution in [-0.2, 0) is 9.53 Å². The Kier molecular flexibility index (Phi) is 6.25. The second kappa shape index (κ2) is 7.74. The predicted octanol–water partition coefficient (Wildman–Crippen LogP) is 2.85. The van der Waals surface area contributed by atoms with E-state index in [1.165, 1.54) is 6.08 Å². The first-order chi connectivity index (χ1) is 8.63. The molecule has 0 radical (unpaired) electrons. The molecule has 0 aliphatic carbocycles. The minimum Gasteiger partial charge on any atom is -0.491 e. The van der Waals surface area contributed by atoms with Gasteiger partial charge in [-0.1, -0.05) is 11.6 Å². The van der Waals surface area contributed by atoms with Crippen LogP contribution in [0.2, 0.25) is 5.02 Å². The number of carboxylic acids is 1. The van der Waals surface area contributed by atoms with Gasteiger partial charge in [-0.15, -0.1) is 0 Å². The lowest BCUT2D eigenvalue weighted by Gasteiger charge is -2.09. The van der Waals surface area contributed by atoms with E-state index in [1.54, 1.807) is 18.2 Å². The van der Waals surface area contributed by atoms with E-state index in [9.17, 15) is 4.79 Å². The number of carboxylic acid groups (broad SMARTS) is 1. The maximum atomic E-state index is 10.5. The summed E-state index contributed by atoms with van der Waals surface area (Å²) in [7, 11) is 0. The summed E-state index contributed by atoms with van der Waals surface area (Å²) in [4.78, 5) is 10.5. The quantitative estimate of drug-likeness (QED) is 0.611. The van der Waals surface area contributed by atoms with Gasteiger partial charge in [0.05, 0.1) is 6.61 Å². The molecule has 0 saturated carbocycles. The first-order valence-electron chi connectivity index (χ1n) is 5.54. The van der Waals surface area contributed by atoms with Crippen LogP contribution in [0.3, 0.4) is 0 Å². The Balaban J connectivity index is 2.73. The monoisotopic (exact) mass is 270 g/mol. The van der Waals surface area contributed by atoms with Gasteiger partial charge in [0, 0.05) is 23.3 Å². The van der Waals surface area contributed by atoms with Crippen molar-refractivity contribution in [3.8, 4) is 5.75 Å². The highest BCUT2D eigenvalue weighted by atomic mass is 35.5. The van der Waals surface area contributed by atoms with Gasteiger partial charge in [0.1, 0.15) is 12.4 Å². The topological polar surface area (TPSA) is 55.8 Å². The lowest BCUT2D eigenvalue weighted by Crippen LogP contribution is -2.07. The van der Waals surface area contributed by atoms with Gasteiger partial charge in [-0.25, -0.2) is 4.79 Å². The van der Waals surface area contributed by atoms with Crippen molar-refractivity contribution in [2.24, 2.45) is 0 Å². The number of hydrogen-bond donors (Lipinski definition) is 1. The molecular weight excluding hydrogens is 256 g/mol. The Morgan fingerprint density at radius 3 is 2.89 bits per heavy atom. The Hall–Kier alpha value is -1.52. The van der Waals surface area contributed by atoms with E-state index in [1.807, 2.05) is 6.92 Å². The fraction of sp³-hybridized carbons (Fsp3) is 0.308. The second-order valence-electron chi connectivity index (χ2n) is 3.40. The summed E-state index contributed by atoms with van der Waals surface area (Å²) < 4.78 is 10.7. The van der Waals surface area contributed by atoms with Crippen LogP contribution in [0.1, 0.15) is 12.5 Å². The molecule has 1 N–H and O–H groups in total. The third-order valence-corrected chi connectivity index (χ3v) is 2.30. The van der Waals surface area contributed by atoms with Crippen molar-refractivity contribution in [3.05, 3.63) is 34.9 Å². The molecule has 18 heavy (non-hydrogen) atoms. The number of benzene rings is 1. The zero-order chi connectivity index (χ0) is 13.4. The molecule has 0 amide bonds. The van der Waals surface area contributed by atoms with Crippen LogP contribution in [0.5, 0.6) is 5.75 Å². The van der Waals surface area contributed by atoms with Gasteiger partial charge in [-0.2, -0.15) is 0 Å². The minimum absolute atomic E-state index is 0.406. The highest BCUT2D eigenvalue weighted by molar-refractivity contribution is 6.30. The Labute approximate surface area is 111 Å². The molecule has 1 aromatic rings. The van der Waals surface area contributed by atoms with Crippen molar-refractivity contribution in [2.75, 3.05) is 19.8 Å². The van der Waals surface area contributed by atoms with Crippen LogP contribution in [0.15, 0.2) is 24.3 Å². The van der Waals surface area contributed by atoms with Crippen molar-refractivity contribution in [1.29, 1.82) is 0 Å².